The number of benzene rings is 3. The van der Waals surface area contributed by atoms with Gasteiger partial charge in [-0.15, -0.1) is 0 Å². The van der Waals surface area contributed by atoms with Crippen molar-refractivity contribution in [1.29, 1.82) is 0 Å². The predicted molar refractivity (Wildman–Crippen MR) is 149 cm³/mol. The lowest BCUT2D eigenvalue weighted by Gasteiger charge is -2.26. The minimum absolute atomic E-state index is 0.0118. The van der Waals surface area contributed by atoms with E-state index in [-0.39, 0.29) is 17.9 Å². The number of anilines is 3. The summed E-state index contributed by atoms with van der Waals surface area (Å²) in [6.45, 7) is 7.26. The van der Waals surface area contributed by atoms with E-state index < -0.39 is 0 Å². The third-order valence-electron chi connectivity index (χ3n) is 6.96. The quantitative estimate of drug-likeness (QED) is 0.460. The highest BCUT2D eigenvalue weighted by Crippen LogP contribution is 2.33. The van der Waals surface area contributed by atoms with Crippen molar-refractivity contribution in [3.63, 3.8) is 0 Å². The van der Waals surface area contributed by atoms with Gasteiger partial charge in [-0.25, -0.2) is 0 Å². The molecule has 7 heteroatoms. The van der Waals surface area contributed by atoms with Crippen LogP contribution in [0.4, 0.5) is 17.1 Å². The molecule has 0 bridgehead atoms. The van der Waals surface area contributed by atoms with Gasteiger partial charge in [0.05, 0.1) is 17.8 Å². The van der Waals surface area contributed by atoms with Gasteiger partial charge in [-0.1, -0.05) is 42.0 Å². The number of thiocarbonyl (C=S) groups is 1. The van der Waals surface area contributed by atoms with Crippen LogP contribution in [0.1, 0.15) is 45.5 Å². The lowest BCUT2D eigenvalue weighted by Crippen LogP contribution is -2.44. The SMILES string of the molecule is Cc1cc(C)c(NC(=S)Nc2ccc(CN3C(=O)C4CCCN4C(=O)c4ccccc43)cc2)c(C)c1. The van der Waals surface area contributed by atoms with Crippen molar-refractivity contribution in [2.45, 2.75) is 46.2 Å². The van der Waals surface area contributed by atoms with Crippen molar-refractivity contribution in [2.75, 3.05) is 22.1 Å². The standard InChI is InChI=1S/C29H30N4O2S/c1-18-15-19(2)26(20(3)16-18)31-29(36)30-22-12-10-21(11-13-22)17-33-24-8-5-4-7-23(24)27(34)32-14-6-9-25(32)28(33)35/h4-5,7-8,10-13,15-16,25H,6,9,14,17H2,1-3H3,(H2,30,31,36). The smallest absolute Gasteiger partial charge is 0.256 e. The van der Waals surface area contributed by atoms with E-state index in [4.69, 9.17) is 12.2 Å². The molecule has 2 aliphatic rings. The lowest BCUT2D eigenvalue weighted by molar-refractivity contribution is -0.122. The maximum Gasteiger partial charge on any atom is 0.256 e. The molecule has 6 nitrogen and oxygen atoms in total. The average molecular weight is 499 g/mol. The molecule has 0 saturated carbocycles. The van der Waals surface area contributed by atoms with E-state index in [2.05, 4.69) is 43.5 Å². The van der Waals surface area contributed by atoms with E-state index in [0.29, 0.717) is 35.9 Å². The summed E-state index contributed by atoms with van der Waals surface area (Å²) in [6.07, 6.45) is 1.57. The highest BCUT2D eigenvalue weighted by atomic mass is 32.1. The number of para-hydroxylation sites is 1. The number of hydrogen-bond acceptors (Lipinski definition) is 3. The zero-order chi connectivity index (χ0) is 25.4. The Balaban J connectivity index is 1.32. The molecular weight excluding hydrogens is 468 g/mol. The van der Waals surface area contributed by atoms with Crippen molar-refractivity contribution < 1.29 is 9.59 Å². The van der Waals surface area contributed by atoms with Crippen LogP contribution in [0.2, 0.25) is 0 Å². The summed E-state index contributed by atoms with van der Waals surface area (Å²) in [6, 6.07) is 19.2. The first-order chi connectivity index (χ1) is 17.3. The summed E-state index contributed by atoms with van der Waals surface area (Å²) < 4.78 is 0. The molecule has 0 aromatic heterocycles. The first kappa shape index (κ1) is 24.0. The number of rotatable bonds is 4. The van der Waals surface area contributed by atoms with Gasteiger partial charge in [0.25, 0.3) is 5.91 Å². The van der Waals surface area contributed by atoms with Crippen LogP contribution >= 0.6 is 12.2 Å². The summed E-state index contributed by atoms with van der Waals surface area (Å²) in [4.78, 5) is 30.1. The largest absolute Gasteiger partial charge is 0.332 e. The van der Waals surface area contributed by atoms with Crippen molar-refractivity contribution in [2.24, 2.45) is 0 Å². The summed E-state index contributed by atoms with van der Waals surface area (Å²) in [5.74, 6) is -0.0641. The van der Waals surface area contributed by atoms with Gasteiger partial charge in [-0.3, -0.25) is 9.59 Å². The first-order valence-corrected chi connectivity index (χ1v) is 12.7. The van der Waals surface area contributed by atoms with Crippen LogP contribution in [0.5, 0.6) is 0 Å². The van der Waals surface area contributed by atoms with Gasteiger partial charge >= 0.3 is 0 Å². The van der Waals surface area contributed by atoms with Gasteiger partial charge in [0.1, 0.15) is 6.04 Å². The van der Waals surface area contributed by atoms with Crippen LogP contribution in [-0.4, -0.2) is 34.4 Å². The number of nitrogens with one attached hydrogen (secondary N) is 2. The van der Waals surface area contributed by atoms with E-state index in [1.165, 1.54) is 5.56 Å². The molecule has 0 radical (unpaired) electrons. The van der Waals surface area contributed by atoms with Crippen LogP contribution in [0.3, 0.4) is 0 Å². The molecule has 1 unspecified atom stereocenters. The van der Waals surface area contributed by atoms with Crippen molar-refractivity contribution in [1.82, 2.24) is 4.90 Å². The van der Waals surface area contributed by atoms with Gasteiger partial charge in [0.2, 0.25) is 5.91 Å². The van der Waals surface area contributed by atoms with E-state index >= 15 is 0 Å². The van der Waals surface area contributed by atoms with Crippen molar-refractivity contribution in [3.05, 3.63) is 88.5 Å². The van der Waals surface area contributed by atoms with Crippen LogP contribution in [-0.2, 0) is 11.3 Å². The van der Waals surface area contributed by atoms with Gasteiger partial charge in [-0.2, -0.15) is 0 Å². The summed E-state index contributed by atoms with van der Waals surface area (Å²) in [5.41, 5.74) is 7.64. The van der Waals surface area contributed by atoms with E-state index in [0.717, 1.165) is 34.5 Å². The fourth-order valence-corrected chi connectivity index (χ4v) is 5.52. The molecule has 3 aromatic carbocycles. The zero-order valence-corrected chi connectivity index (χ0v) is 21.6. The Morgan fingerprint density at radius 2 is 1.67 bits per heavy atom. The molecule has 0 aliphatic carbocycles. The molecule has 1 saturated heterocycles. The van der Waals surface area contributed by atoms with Gasteiger partial charge in [-0.05, 0) is 86.8 Å². The maximum atomic E-state index is 13.5. The molecule has 184 valence electrons. The van der Waals surface area contributed by atoms with Crippen LogP contribution in [0.25, 0.3) is 0 Å². The molecule has 5 rings (SSSR count). The Morgan fingerprint density at radius 1 is 0.972 bits per heavy atom. The van der Waals surface area contributed by atoms with Gasteiger partial charge < -0.3 is 20.4 Å². The second kappa shape index (κ2) is 9.74. The van der Waals surface area contributed by atoms with E-state index in [9.17, 15) is 9.59 Å². The zero-order valence-electron chi connectivity index (χ0n) is 20.8. The molecule has 3 aromatic rings. The molecule has 36 heavy (non-hydrogen) atoms. The van der Waals surface area contributed by atoms with E-state index in [1.807, 2.05) is 48.5 Å². The molecule has 1 atom stereocenters. The van der Waals surface area contributed by atoms with Crippen LogP contribution < -0.4 is 15.5 Å². The Kier molecular flexibility index (Phi) is 6.49. The summed E-state index contributed by atoms with van der Waals surface area (Å²) >= 11 is 5.55. The number of hydrogen-bond donors (Lipinski definition) is 2. The number of amides is 2. The molecule has 2 heterocycles. The number of carbonyl (C=O) groups excluding carboxylic acids is 2. The fraction of sp³-hybridized carbons (Fsp3) is 0.276. The van der Waals surface area contributed by atoms with Crippen LogP contribution in [0.15, 0.2) is 60.7 Å². The Labute approximate surface area is 217 Å². The highest BCUT2D eigenvalue weighted by molar-refractivity contribution is 7.80. The molecule has 1 fully saturated rings. The number of fused-ring (bicyclic) bond motifs is 2. The number of aryl methyl sites for hydroxylation is 3. The first-order valence-electron chi connectivity index (χ1n) is 12.3. The summed E-state index contributed by atoms with van der Waals surface area (Å²) in [5, 5.41) is 7.09. The Hall–Kier alpha value is -3.71. The van der Waals surface area contributed by atoms with Gasteiger partial charge in [0, 0.05) is 17.9 Å². The lowest BCUT2D eigenvalue weighted by atomic mass is 10.1. The fourth-order valence-electron chi connectivity index (χ4n) is 5.30. The normalized spacial score (nSPS) is 16.9. The monoisotopic (exact) mass is 498 g/mol. The summed E-state index contributed by atoms with van der Waals surface area (Å²) in [7, 11) is 0. The molecule has 2 amide bonds. The second-order valence-corrected chi connectivity index (χ2v) is 10.1. The molecular formula is C29H30N4O2S. The second-order valence-electron chi connectivity index (χ2n) is 9.65. The minimum Gasteiger partial charge on any atom is -0.332 e. The van der Waals surface area contributed by atoms with Crippen LogP contribution in [0, 0.1) is 20.8 Å². The third kappa shape index (κ3) is 4.58. The van der Waals surface area contributed by atoms with E-state index in [1.54, 1.807) is 9.80 Å². The average Bonchev–Trinajstić information content (AvgIpc) is 3.32. The Bertz CT molecular complexity index is 1330. The molecule has 0 spiro atoms. The third-order valence-corrected chi connectivity index (χ3v) is 7.16. The van der Waals surface area contributed by atoms with Gasteiger partial charge in [0.15, 0.2) is 5.11 Å². The minimum atomic E-state index is -0.386. The topological polar surface area (TPSA) is 64.7 Å². The van der Waals surface area contributed by atoms with Crippen molar-refractivity contribution in [3.8, 4) is 0 Å². The maximum absolute atomic E-state index is 13.5. The predicted octanol–water partition coefficient (Wildman–Crippen LogP) is 5.57. The number of nitrogens with zero attached hydrogens (tertiary/aromatic N) is 2. The molecule has 2 N–H and O–H groups in total. The van der Waals surface area contributed by atoms with Crippen molar-refractivity contribution >= 4 is 46.2 Å². The highest BCUT2D eigenvalue weighted by Gasteiger charge is 2.41. The Morgan fingerprint density at radius 3 is 2.39 bits per heavy atom. The number of carbonyl (C=O) groups is 2. The molecule has 2 aliphatic heterocycles.